The second kappa shape index (κ2) is 6.57. The van der Waals surface area contributed by atoms with Crippen molar-refractivity contribution in [2.24, 2.45) is 0 Å². The number of piperidine rings is 1. The number of aryl methyl sites for hydroxylation is 1. The van der Waals surface area contributed by atoms with E-state index >= 15 is 0 Å². The van der Waals surface area contributed by atoms with Crippen LogP contribution in [0.5, 0.6) is 0 Å². The van der Waals surface area contributed by atoms with Gasteiger partial charge in [0.1, 0.15) is 0 Å². The zero-order valence-corrected chi connectivity index (χ0v) is 13.7. The molecule has 0 amide bonds. The van der Waals surface area contributed by atoms with Gasteiger partial charge in [0.15, 0.2) is 0 Å². The Kier molecular flexibility index (Phi) is 4.52. The first-order valence-electron chi connectivity index (χ1n) is 8.26. The Hall–Kier alpha value is -1.75. The van der Waals surface area contributed by atoms with Crippen molar-refractivity contribution >= 4 is 0 Å². The molecule has 0 saturated carbocycles. The number of hydrogen-bond acceptors (Lipinski definition) is 4. The third-order valence-electron chi connectivity index (χ3n) is 4.53. The summed E-state index contributed by atoms with van der Waals surface area (Å²) in [5.41, 5.74) is 3.06. The molecular weight excluding hydrogens is 274 g/mol. The first-order valence-corrected chi connectivity index (χ1v) is 8.26. The van der Waals surface area contributed by atoms with Crippen LogP contribution < -0.4 is 0 Å². The Morgan fingerprint density at radius 3 is 2.73 bits per heavy atom. The van der Waals surface area contributed by atoms with Gasteiger partial charge in [0.25, 0.3) is 0 Å². The van der Waals surface area contributed by atoms with E-state index in [1.54, 1.807) is 0 Å². The monoisotopic (exact) mass is 299 g/mol. The van der Waals surface area contributed by atoms with Crippen molar-refractivity contribution in [1.29, 1.82) is 0 Å². The highest BCUT2D eigenvalue weighted by Crippen LogP contribution is 2.27. The molecule has 1 atom stereocenters. The summed E-state index contributed by atoms with van der Waals surface area (Å²) in [7, 11) is 0. The van der Waals surface area contributed by atoms with Crippen LogP contribution in [-0.4, -0.2) is 43.8 Å². The van der Waals surface area contributed by atoms with Gasteiger partial charge >= 0.3 is 0 Å². The number of nitrogens with zero attached hydrogens (tertiary/aromatic N) is 5. The van der Waals surface area contributed by atoms with Crippen molar-refractivity contribution in [2.75, 3.05) is 13.1 Å². The maximum absolute atomic E-state index is 4.68. The Morgan fingerprint density at radius 2 is 2.09 bits per heavy atom. The summed E-state index contributed by atoms with van der Waals surface area (Å²) in [4.78, 5) is 11.8. The van der Waals surface area contributed by atoms with E-state index in [4.69, 9.17) is 0 Å². The molecule has 0 spiro atoms. The predicted octanol–water partition coefficient (Wildman–Crippen LogP) is 2.95. The predicted molar refractivity (Wildman–Crippen MR) is 87.6 cm³/mol. The molecule has 1 saturated heterocycles. The summed E-state index contributed by atoms with van der Waals surface area (Å²) in [6, 6.07) is 0.606. The van der Waals surface area contributed by atoms with E-state index in [9.17, 15) is 0 Å². The second-order valence-corrected chi connectivity index (χ2v) is 6.34. The molecule has 22 heavy (non-hydrogen) atoms. The minimum absolute atomic E-state index is 0.510. The summed E-state index contributed by atoms with van der Waals surface area (Å²) >= 11 is 0. The molecule has 0 unspecified atom stereocenters. The van der Waals surface area contributed by atoms with Crippen LogP contribution in [0.25, 0.3) is 11.3 Å². The minimum atomic E-state index is 0.510. The van der Waals surface area contributed by atoms with E-state index in [0.29, 0.717) is 12.0 Å². The molecule has 1 aliphatic heterocycles. The van der Waals surface area contributed by atoms with Crippen molar-refractivity contribution in [3.05, 3.63) is 30.5 Å². The number of hydrogen-bond donors (Lipinski definition) is 0. The van der Waals surface area contributed by atoms with Crippen LogP contribution in [0.1, 0.15) is 45.2 Å². The number of rotatable bonds is 4. The van der Waals surface area contributed by atoms with Crippen LogP contribution in [0.4, 0.5) is 0 Å². The van der Waals surface area contributed by atoms with Crippen LogP contribution in [0.2, 0.25) is 0 Å². The molecular formula is C17H25N5. The SMILES string of the molecule is CCn1cc(-c2cnc([C@@H]3CCCN(C(C)C)C3)cn2)cn1. The van der Waals surface area contributed by atoms with E-state index in [2.05, 4.69) is 40.7 Å². The van der Waals surface area contributed by atoms with Crippen molar-refractivity contribution in [1.82, 2.24) is 24.6 Å². The fourth-order valence-electron chi connectivity index (χ4n) is 3.08. The zero-order valence-electron chi connectivity index (χ0n) is 13.7. The van der Waals surface area contributed by atoms with Gasteiger partial charge in [-0.15, -0.1) is 0 Å². The molecule has 5 nitrogen and oxygen atoms in total. The fraction of sp³-hybridized carbons (Fsp3) is 0.588. The van der Waals surface area contributed by atoms with Gasteiger partial charge in [-0.2, -0.15) is 5.10 Å². The van der Waals surface area contributed by atoms with Gasteiger partial charge in [0.2, 0.25) is 0 Å². The molecule has 0 radical (unpaired) electrons. The Balaban J connectivity index is 1.73. The minimum Gasteiger partial charge on any atom is -0.300 e. The lowest BCUT2D eigenvalue weighted by atomic mass is 9.94. The lowest BCUT2D eigenvalue weighted by Gasteiger charge is -2.35. The largest absolute Gasteiger partial charge is 0.300 e. The highest BCUT2D eigenvalue weighted by atomic mass is 15.3. The molecule has 2 aromatic heterocycles. The molecule has 3 heterocycles. The molecule has 2 aromatic rings. The van der Waals surface area contributed by atoms with Gasteiger partial charge in [-0.1, -0.05) is 0 Å². The molecule has 0 aromatic carbocycles. The smallest absolute Gasteiger partial charge is 0.0916 e. The summed E-state index contributed by atoms with van der Waals surface area (Å²) in [5.74, 6) is 0.510. The first-order chi connectivity index (χ1) is 10.7. The molecule has 1 aliphatic rings. The van der Waals surface area contributed by atoms with Crippen molar-refractivity contribution in [3.63, 3.8) is 0 Å². The molecule has 118 valence electrons. The van der Waals surface area contributed by atoms with E-state index < -0.39 is 0 Å². The molecule has 5 heteroatoms. The first kappa shape index (κ1) is 15.2. The standard InChI is InChI=1S/C17H25N5/c1-4-22-12-15(8-20-22)17-10-18-16(9-19-17)14-6-5-7-21(11-14)13(2)3/h8-10,12-14H,4-7,11H2,1-3H3/t14-/m1/s1. The maximum atomic E-state index is 4.68. The normalized spacial score (nSPS) is 19.7. The topological polar surface area (TPSA) is 46.8 Å². The Bertz CT molecular complexity index is 602. The van der Waals surface area contributed by atoms with Crippen LogP contribution >= 0.6 is 0 Å². The van der Waals surface area contributed by atoms with Crippen molar-refractivity contribution in [2.45, 2.75) is 52.1 Å². The summed E-state index contributed by atoms with van der Waals surface area (Å²) < 4.78 is 1.91. The van der Waals surface area contributed by atoms with Gasteiger partial charge in [0.05, 0.1) is 23.8 Å². The fourth-order valence-corrected chi connectivity index (χ4v) is 3.08. The zero-order chi connectivity index (χ0) is 15.5. The average Bonchev–Trinajstić information content (AvgIpc) is 3.04. The summed E-state index contributed by atoms with van der Waals surface area (Å²) in [6.45, 7) is 9.79. The Morgan fingerprint density at radius 1 is 1.23 bits per heavy atom. The lowest BCUT2D eigenvalue weighted by Crippen LogP contribution is -2.39. The third kappa shape index (κ3) is 3.19. The summed E-state index contributed by atoms with van der Waals surface area (Å²) in [6.07, 6.45) is 10.2. The number of aromatic nitrogens is 4. The quantitative estimate of drug-likeness (QED) is 0.871. The molecule has 0 N–H and O–H groups in total. The van der Waals surface area contributed by atoms with Crippen LogP contribution in [0, 0.1) is 0 Å². The van der Waals surface area contributed by atoms with Gasteiger partial charge < -0.3 is 4.90 Å². The summed E-state index contributed by atoms with van der Waals surface area (Å²) in [5, 5.41) is 4.29. The van der Waals surface area contributed by atoms with Gasteiger partial charge in [-0.05, 0) is 40.2 Å². The van der Waals surface area contributed by atoms with Gasteiger partial charge in [-0.25, -0.2) is 0 Å². The average molecular weight is 299 g/mol. The van der Waals surface area contributed by atoms with E-state index in [-0.39, 0.29) is 0 Å². The van der Waals surface area contributed by atoms with E-state index in [1.165, 1.54) is 19.4 Å². The van der Waals surface area contributed by atoms with Gasteiger partial charge in [-0.3, -0.25) is 14.6 Å². The Labute approximate surface area is 132 Å². The third-order valence-corrected chi connectivity index (χ3v) is 4.53. The highest BCUT2D eigenvalue weighted by Gasteiger charge is 2.24. The maximum Gasteiger partial charge on any atom is 0.0916 e. The lowest BCUT2D eigenvalue weighted by molar-refractivity contribution is 0.166. The molecule has 1 fully saturated rings. The van der Waals surface area contributed by atoms with Crippen molar-refractivity contribution in [3.8, 4) is 11.3 Å². The van der Waals surface area contributed by atoms with Crippen LogP contribution in [-0.2, 0) is 6.54 Å². The second-order valence-electron chi connectivity index (χ2n) is 6.34. The van der Waals surface area contributed by atoms with Gasteiger partial charge in [0, 0.05) is 43.0 Å². The van der Waals surface area contributed by atoms with Crippen LogP contribution in [0.15, 0.2) is 24.8 Å². The molecule has 0 bridgehead atoms. The number of likely N-dealkylation sites (tertiary alicyclic amines) is 1. The van der Waals surface area contributed by atoms with E-state index in [0.717, 1.165) is 30.0 Å². The van der Waals surface area contributed by atoms with Crippen LogP contribution in [0.3, 0.4) is 0 Å². The molecule has 3 rings (SSSR count). The molecule has 0 aliphatic carbocycles. The van der Waals surface area contributed by atoms with E-state index in [1.807, 2.05) is 29.5 Å². The van der Waals surface area contributed by atoms with Crippen molar-refractivity contribution < 1.29 is 0 Å². The highest BCUT2D eigenvalue weighted by molar-refractivity contribution is 5.55.